The Hall–Kier alpha value is -2.64. The van der Waals surface area contributed by atoms with Crippen molar-refractivity contribution in [2.45, 2.75) is 31.0 Å². The maximum atomic E-state index is 12.1. The van der Waals surface area contributed by atoms with Gasteiger partial charge in [0.2, 0.25) is 5.91 Å². The van der Waals surface area contributed by atoms with Crippen molar-refractivity contribution >= 4 is 16.8 Å². The van der Waals surface area contributed by atoms with Crippen LogP contribution in [-0.4, -0.2) is 76.2 Å². The zero-order valence-corrected chi connectivity index (χ0v) is 16.9. The lowest BCUT2D eigenvalue weighted by molar-refractivity contribution is -0.134. The van der Waals surface area contributed by atoms with Crippen LogP contribution in [0.2, 0.25) is 0 Å². The summed E-state index contributed by atoms with van der Waals surface area (Å²) in [5, 5.41) is 1.20. The molecule has 0 radical (unpaired) electrons. The Balaban J connectivity index is 1.35. The van der Waals surface area contributed by atoms with E-state index in [0.717, 1.165) is 36.4 Å². The van der Waals surface area contributed by atoms with Crippen molar-refractivity contribution in [1.29, 1.82) is 0 Å². The first kappa shape index (κ1) is 18.4. The third-order valence-corrected chi connectivity index (χ3v) is 6.26. The molecule has 3 aromatic rings. The van der Waals surface area contributed by atoms with E-state index in [9.17, 15) is 4.79 Å². The van der Waals surface area contributed by atoms with Gasteiger partial charge in [0.15, 0.2) is 0 Å². The molecule has 0 saturated carbocycles. The number of hydrogen-bond donors (Lipinski definition) is 1. The number of aromatic amines is 1. The minimum atomic E-state index is -0.0187. The van der Waals surface area contributed by atoms with Gasteiger partial charge in [-0.2, -0.15) is 0 Å². The highest BCUT2D eigenvalue weighted by Crippen LogP contribution is 2.35. The minimum Gasteiger partial charge on any atom is -0.375 e. The van der Waals surface area contributed by atoms with Crippen molar-refractivity contribution in [2.24, 2.45) is 0 Å². The maximum Gasteiger partial charge on any atom is 0.224 e. The first-order chi connectivity index (χ1) is 14.1. The second kappa shape index (κ2) is 7.31. The lowest BCUT2D eigenvalue weighted by atomic mass is 10.1. The maximum absolute atomic E-state index is 12.1. The molecule has 29 heavy (non-hydrogen) atoms. The van der Waals surface area contributed by atoms with Crippen LogP contribution >= 0.6 is 0 Å². The van der Waals surface area contributed by atoms with Gasteiger partial charge in [-0.15, -0.1) is 0 Å². The summed E-state index contributed by atoms with van der Waals surface area (Å²) in [6, 6.07) is 9.19. The number of aromatic nitrogens is 3. The van der Waals surface area contributed by atoms with Crippen LogP contribution in [0.25, 0.3) is 22.3 Å². The number of carbonyl (C=O) groups is 1. The number of imidazole rings is 1. The van der Waals surface area contributed by atoms with Gasteiger partial charge in [0.1, 0.15) is 5.82 Å². The lowest BCUT2D eigenvalue weighted by Gasteiger charge is -2.35. The van der Waals surface area contributed by atoms with E-state index in [1.54, 1.807) is 19.0 Å². The average molecular weight is 393 g/mol. The van der Waals surface area contributed by atoms with Gasteiger partial charge in [0, 0.05) is 68.8 Å². The molecule has 5 rings (SSSR count). The Kier molecular flexibility index (Phi) is 4.64. The number of ether oxygens (including phenoxy) is 1. The van der Waals surface area contributed by atoms with Crippen molar-refractivity contribution in [2.75, 3.05) is 33.8 Å². The highest BCUT2D eigenvalue weighted by Gasteiger charge is 2.39. The van der Waals surface area contributed by atoms with E-state index in [0.29, 0.717) is 25.1 Å². The number of rotatable bonds is 4. The SMILES string of the molecule is CN(C)C(=O)C[C@H]1CN2C[C@H](n3ccnc3-c3cccc4cc[nH]c34)C[C@H]2CO1. The molecule has 2 saturated heterocycles. The number of H-pyrrole nitrogens is 1. The van der Waals surface area contributed by atoms with Gasteiger partial charge in [0.05, 0.1) is 24.6 Å². The fourth-order valence-electron chi connectivity index (χ4n) is 4.71. The fourth-order valence-corrected chi connectivity index (χ4v) is 4.71. The quantitative estimate of drug-likeness (QED) is 0.740. The molecule has 4 heterocycles. The molecule has 2 aromatic heterocycles. The molecule has 2 fully saturated rings. The molecular weight excluding hydrogens is 366 g/mol. The monoisotopic (exact) mass is 393 g/mol. The Morgan fingerprint density at radius 1 is 1.28 bits per heavy atom. The Labute approximate surface area is 170 Å². The average Bonchev–Trinajstić information content (AvgIpc) is 3.45. The summed E-state index contributed by atoms with van der Waals surface area (Å²) in [6.07, 6.45) is 7.43. The van der Waals surface area contributed by atoms with E-state index in [1.165, 1.54) is 5.39 Å². The van der Waals surface area contributed by atoms with E-state index in [-0.39, 0.29) is 12.0 Å². The number of nitrogens with one attached hydrogen (secondary N) is 1. The number of nitrogens with zero attached hydrogens (tertiary/aromatic N) is 4. The zero-order valence-electron chi connectivity index (χ0n) is 16.9. The van der Waals surface area contributed by atoms with Crippen LogP contribution in [0.1, 0.15) is 18.9 Å². The largest absolute Gasteiger partial charge is 0.375 e. The van der Waals surface area contributed by atoms with Crippen molar-refractivity contribution < 1.29 is 9.53 Å². The Bertz CT molecular complexity index is 1020. The summed E-state index contributed by atoms with van der Waals surface area (Å²) >= 11 is 0. The van der Waals surface area contributed by atoms with E-state index in [4.69, 9.17) is 9.72 Å². The molecule has 1 amide bonds. The number of para-hydroxylation sites is 1. The van der Waals surface area contributed by atoms with Crippen molar-refractivity contribution in [3.8, 4) is 11.4 Å². The topological polar surface area (TPSA) is 66.4 Å². The van der Waals surface area contributed by atoms with Crippen molar-refractivity contribution in [1.82, 2.24) is 24.3 Å². The standard InChI is InChI=1S/C22H27N5O2/c1-25(2)20(28)11-18-13-26-12-16(10-17(26)14-29-18)27-9-8-24-22(27)19-5-3-4-15-6-7-23-21(15)19/h3-9,16-18,23H,10-14H2,1-2H3/t16-,17+,18+/m1/s1. The van der Waals surface area contributed by atoms with E-state index in [2.05, 4.69) is 44.9 Å². The fraction of sp³-hybridized carbons (Fsp3) is 0.455. The summed E-state index contributed by atoms with van der Waals surface area (Å²) in [5.74, 6) is 1.13. The van der Waals surface area contributed by atoms with E-state index in [1.807, 2.05) is 12.4 Å². The Morgan fingerprint density at radius 3 is 3.03 bits per heavy atom. The molecule has 7 heteroatoms. The molecule has 0 spiro atoms. The van der Waals surface area contributed by atoms with Crippen LogP contribution in [0.15, 0.2) is 42.9 Å². The summed E-state index contributed by atoms with van der Waals surface area (Å²) < 4.78 is 8.33. The number of benzene rings is 1. The molecule has 3 atom stereocenters. The second-order valence-corrected chi connectivity index (χ2v) is 8.35. The summed E-state index contributed by atoms with van der Waals surface area (Å²) in [5.41, 5.74) is 2.26. The molecule has 2 aliphatic heterocycles. The molecule has 0 aliphatic carbocycles. The highest BCUT2D eigenvalue weighted by molar-refractivity contribution is 5.92. The normalized spacial score (nSPS) is 24.7. The van der Waals surface area contributed by atoms with Gasteiger partial charge in [-0.05, 0) is 18.6 Å². The number of hydrogen-bond acceptors (Lipinski definition) is 4. The smallest absolute Gasteiger partial charge is 0.224 e. The van der Waals surface area contributed by atoms with E-state index < -0.39 is 0 Å². The summed E-state index contributed by atoms with van der Waals surface area (Å²) in [6.45, 7) is 2.47. The number of amides is 1. The van der Waals surface area contributed by atoms with Crippen LogP contribution in [-0.2, 0) is 9.53 Å². The van der Waals surface area contributed by atoms with Crippen molar-refractivity contribution in [3.63, 3.8) is 0 Å². The molecule has 1 aromatic carbocycles. The number of carbonyl (C=O) groups excluding carboxylic acids is 1. The van der Waals surface area contributed by atoms with E-state index >= 15 is 0 Å². The molecule has 152 valence electrons. The number of fused-ring (bicyclic) bond motifs is 2. The minimum absolute atomic E-state index is 0.0187. The van der Waals surface area contributed by atoms with Gasteiger partial charge in [-0.3, -0.25) is 9.69 Å². The lowest BCUT2D eigenvalue weighted by Crippen LogP contribution is -2.47. The number of morpholine rings is 1. The molecule has 1 N–H and O–H groups in total. The van der Waals surface area contributed by atoms with Gasteiger partial charge in [0.25, 0.3) is 0 Å². The molecule has 2 aliphatic rings. The molecular formula is C22H27N5O2. The molecule has 0 unspecified atom stereocenters. The van der Waals surface area contributed by atoms with Crippen LogP contribution in [0.4, 0.5) is 0 Å². The van der Waals surface area contributed by atoms with Gasteiger partial charge >= 0.3 is 0 Å². The van der Waals surface area contributed by atoms with Gasteiger partial charge in [-0.1, -0.05) is 12.1 Å². The third kappa shape index (κ3) is 3.34. The first-order valence-electron chi connectivity index (χ1n) is 10.3. The Morgan fingerprint density at radius 2 is 2.17 bits per heavy atom. The van der Waals surface area contributed by atoms with Gasteiger partial charge < -0.3 is 19.2 Å². The van der Waals surface area contributed by atoms with Gasteiger partial charge in [-0.25, -0.2) is 4.98 Å². The highest BCUT2D eigenvalue weighted by atomic mass is 16.5. The third-order valence-electron chi connectivity index (χ3n) is 6.26. The summed E-state index contributed by atoms with van der Waals surface area (Å²) in [7, 11) is 3.59. The summed E-state index contributed by atoms with van der Waals surface area (Å²) in [4.78, 5) is 24.2. The molecule has 7 nitrogen and oxygen atoms in total. The van der Waals surface area contributed by atoms with Crippen LogP contribution in [0.5, 0.6) is 0 Å². The molecule has 0 bridgehead atoms. The second-order valence-electron chi connectivity index (χ2n) is 8.35. The first-order valence-corrected chi connectivity index (χ1v) is 10.3. The van der Waals surface area contributed by atoms with Crippen LogP contribution < -0.4 is 0 Å². The van der Waals surface area contributed by atoms with Crippen LogP contribution in [0, 0.1) is 0 Å². The zero-order chi connectivity index (χ0) is 20.0. The predicted molar refractivity (Wildman–Crippen MR) is 112 cm³/mol. The van der Waals surface area contributed by atoms with Crippen LogP contribution in [0.3, 0.4) is 0 Å². The van der Waals surface area contributed by atoms with Crippen molar-refractivity contribution in [3.05, 3.63) is 42.9 Å². The predicted octanol–water partition coefficient (Wildman–Crippen LogP) is 2.52.